The monoisotopic (exact) mass is 500 g/mol. The van der Waals surface area contributed by atoms with E-state index in [9.17, 15) is 19.5 Å². The topological polar surface area (TPSA) is 124 Å². The summed E-state index contributed by atoms with van der Waals surface area (Å²) < 4.78 is 12.5. The molecule has 2 amide bonds. The second-order valence-corrected chi connectivity index (χ2v) is 11.4. The first-order valence-corrected chi connectivity index (χ1v) is 12.0. The summed E-state index contributed by atoms with van der Waals surface area (Å²) >= 11 is 0. The average molecular weight is 501 g/mol. The normalized spacial score (nSPS) is 20.4. The van der Waals surface area contributed by atoms with Gasteiger partial charge in [0.15, 0.2) is 0 Å². The van der Waals surface area contributed by atoms with E-state index in [4.69, 9.17) is 9.47 Å². The van der Waals surface area contributed by atoms with Crippen molar-refractivity contribution in [3.05, 3.63) is 42.6 Å². The maximum absolute atomic E-state index is 12.8. The summed E-state index contributed by atoms with van der Waals surface area (Å²) in [6, 6.07) is 5.46. The molecule has 0 bridgehead atoms. The SMILES string of the molecule is C[C@H](C[C@H]1C[C@]1(C(=O)O)c1cn(-c2ccccn2)cn1)CN(C(=O)OC(C)(C)C)C(=O)OC(C)(C)C. The van der Waals surface area contributed by atoms with Crippen LogP contribution in [0.1, 0.15) is 67.0 Å². The molecule has 3 rings (SSSR count). The molecule has 3 atom stereocenters. The van der Waals surface area contributed by atoms with Crippen LogP contribution in [0.5, 0.6) is 0 Å². The number of hydrogen-bond donors (Lipinski definition) is 1. The van der Waals surface area contributed by atoms with Gasteiger partial charge in [-0.2, -0.15) is 0 Å². The van der Waals surface area contributed by atoms with Crippen LogP contribution in [0.2, 0.25) is 0 Å². The van der Waals surface area contributed by atoms with Crippen LogP contribution in [0.4, 0.5) is 9.59 Å². The number of imide groups is 1. The second-order valence-electron chi connectivity index (χ2n) is 11.4. The zero-order chi connectivity index (χ0) is 26.9. The summed E-state index contributed by atoms with van der Waals surface area (Å²) in [5, 5.41) is 10.1. The van der Waals surface area contributed by atoms with Crippen molar-refractivity contribution in [1.82, 2.24) is 19.4 Å². The Balaban J connectivity index is 1.74. The molecule has 0 spiro atoms. The lowest BCUT2D eigenvalue weighted by Crippen LogP contribution is -2.45. The molecule has 1 saturated carbocycles. The smallest absolute Gasteiger partial charge is 0.419 e. The fourth-order valence-corrected chi connectivity index (χ4v) is 4.21. The molecule has 0 radical (unpaired) electrons. The van der Waals surface area contributed by atoms with Crippen LogP contribution < -0.4 is 0 Å². The molecular weight excluding hydrogens is 464 g/mol. The summed E-state index contributed by atoms with van der Waals surface area (Å²) in [6.45, 7) is 12.2. The molecule has 0 aliphatic heterocycles. The Morgan fingerprint density at radius 2 is 1.72 bits per heavy atom. The first-order valence-electron chi connectivity index (χ1n) is 12.0. The Hall–Kier alpha value is -3.43. The third kappa shape index (κ3) is 6.41. The lowest BCUT2D eigenvalue weighted by molar-refractivity contribution is -0.140. The maximum atomic E-state index is 12.8. The molecule has 0 saturated heterocycles. The minimum absolute atomic E-state index is 0.0401. The van der Waals surface area contributed by atoms with Crippen molar-refractivity contribution in [2.75, 3.05) is 6.54 Å². The van der Waals surface area contributed by atoms with Crippen molar-refractivity contribution in [3.63, 3.8) is 0 Å². The second kappa shape index (κ2) is 9.91. The largest absolute Gasteiger partial charge is 0.481 e. The van der Waals surface area contributed by atoms with Gasteiger partial charge in [0.05, 0.1) is 5.69 Å². The number of pyridine rings is 1. The van der Waals surface area contributed by atoms with E-state index < -0.39 is 34.8 Å². The van der Waals surface area contributed by atoms with E-state index >= 15 is 0 Å². The van der Waals surface area contributed by atoms with Crippen molar-refractivity contribution >= 4 is 18.2 Å². The van der Waals surface area contributed by atoms with Crippen molar-refractivity contribution in [3.8, 4) is 5.82 Å². The molecule has 10 heteroatoms. The fourth-order valence-electron chi connectivity index (χ4n) is 4.21. The number of hydrogen-bond acceptors (Lipinski definition) is 7. The van der Waals surface area contributed by atoms with Gasteiger partial charge in [0.2, 0.25) is 0 Å². The van der Waals surface area contributed by atoms with Crippen molar-refractivity contribution in [1.29, 1.82) is 0 Å². The number of imidazole rings is 1. The van der Waals surface area contributed by atoms with Gasteiger partial charge >= 0.3 is 18.2 Å². The zero-order valence-corrected chi connectivity index (χ0v) is 22.0. The molecule has 1 aliphatic carbocycles. The molecule has 0 aromatic carbocycles. The Labute approximate surface area is 211 Å². The Bertz CT molecular complexity index is 1070. The van der Waals surface area contributed by atoms with Crippen LogP contribution >= 0.6 is 0 Å². The number of carboxylic acid groups (broad SMARTS) is 1. The highest BCUT2D eigenvalue weighted by molar-refractivity contribution is 5.88. The van der Waals surface area contributed by atoms with E-state index in [2.05, 4.69) is 9.97 Å². The molecular formula is C26H36N4O6. The van der Waals surface area contributed by atoms with Gasteiger partial charge in [0.25, 0.3) is 0 Å². The van der Waals surface area contributed by atoms with Crippen LogP contribution in [-0.2, 0) is 19.7 Å². The standard InChI is InChI=1S/C26H36N4O6/c1-17(14-30(22(33)35-24(2,3)4)23(34)36-25(5,6)7)12-18-13-26(18,21(31)32)19-15-29(16-28-19)20-10-8-9-11-27-20/h8-11,15-18H,12-14H2,1-7H3,(H,31,32)/t17-,18+,26-/m1/s1. The van der Waals surface area contributed by atoms with E-state index in [1.807, 2.05) is 19.1 Å². The fraction of sp³-hybridized carbons (Fsp3) is 0.577. The van der Waals surface area contributed by atoms with Gasteiger partial charge in [-0.15, -0.1) is 0 Å². The number of ether oxygens (including phenoxy) is 2. The molecule has 1 aliphatic rings. The van der Waals surface area contributed by atoms with Crippen LogP contribution in [0.25, 0.3) is 5.82 Å². The van der Waals surface area contributed by atoms with Gasteiger partial charge in [0.1, 0.15) is 28.8 Å². The third-order valence-corrected chi connectivity index (χ3v) is 5.85. The molecule has 1 N–H and O–H groups in total. The number of carboxylic acids is 1. The number of aliphatic carboxylic acids is 1. The molecule has 2 aromatic rings. The molecule has 2 heterocycles. The molecule has 196 valence electrons. The minimum atomic E-state index is -1.11. The predicted molar refractivity (Wildman–Crippen MR) is 132 cm³/mol. The Morgan fingerprint density at radius 1 is 1.11 bits per heavy atom. The summed E-state index contributed by atoms with van der Waals surface area (Å²) in [6.07, 6.45) is 4.24. The number of carbonyl (C=O) groups is 3. The van der Waals surface area contributed by atoms with Gasteiger partial charge in [-0.25, -0.2) is 24.5 Å². The van der Waals surface area contributed by atoms with Crippen molar-refractivity contribution < 1.29 is 29.0 Å². The highest BCUT2D eigenvalue weighted by Crippen LogP contribution is 2.57. The van der Waals surface area contributed by atoms with E-state index in [-0.39, 0.29) is 18.4 Å². The highest BCUT2D eigenvalue weighted by Gasteiger charge is 2.63. The maximum Gasteiger partial charge on any atom is 0.419 e. The average Bonchev–Trinajstić information content (AvgIpc) is 3.24. The summed E-state index contributed by atoms with van der Waals surface area (Å²) in [7, 11) is 0. The number of rotatable bonds is 7. The molecule has 2 aromatic heterocycles. The Morgan fingerprint density at radius 3 is 2.22 bits per heavy atom. The number of carbonyl (C=O) groups excluding carboxylic acids is 2. The highest BCUT2D eigenvalue weighted by atomic mass is 16.6. The lowest BCUT2D eigenvalue weighted by atomic mass is 9.94. The summed E-state index contributed by atoms with van der Waals surface area (Å²) in [4.78, 5) is 47.6. The molecule has 10 nitrogen and oxygen atoms in total. The van der Waals surface area contributed by atoms with Crippen LogP contribution in [0, 0.1) is 11.8 Å². The van der Waals surface area contributed by atoms with Crippen LogP contribution in [0.15, 0.2) is 36.9 Å². The molecule has 36 heavy (non-hydrogen) atoms. The van der Waals surface area contributed by atoms with E-state index in [0.717, 1.165) is 4.90 Å². The lowest BCUT2D eigenvalue weighted by Gasteiger charge is -2.30. The predicted octanol–water partition coefficient (Wildman–Crippen LogP) is 4.81. The van der Waals surface area contributed by atoms with Gasteiger partial charge in [0, 0.05) is 18.9 Å². The minimum Gasteiger partial charge on any atom is -0.481 e. The van der Waals surface area contributed by atoms with Gasteiger partial charge in [-0.1, -0.05) is 13.0 Å². The molecule has 1 fully saturated rings. The first-order chi connectivity index (χ1) is 16.6. The summed E-state index contributed by atoms with van der Waals surface area (Å²) in [5.74, 6) is -0.694. The molecule has 0 unspecified atom stereocenters. The van der Waals surface area contributed by atoms with E-state index in [1.165, 1.54) is 0 Å². The van der Waals surface area contributed by atoms with Gasteiger partial charge < -0.3 is 14.6 Å². The number of amides is 2. The van der Waals surface area contributed by atoms with E-state index in [1.54, 1.807) is 70.9 Å². The Kier molecular flexibility index (Phi) is 7.48. The van der Waals surface area contributed by atoms with Crippen LogP contribution in [-0.4, -0.2) is 60.4 Å². The first kappa shape index (κ1) is 27.2. The van der Waals surface area contributed by atoms with Crippen molar-refractivity contribution in [2.45, 2.75) is 77.9 Å². The van der Waals surface area contributed by atoms with E-state index in [0.29, 0.717) is 24.4 Å². The zero-order valence-electron chi connectivity index (χ0n) is 22.0. The van der Waals surface area contributed by atoms with Crippen molar-refractivity contribution in [2.24, 2.45) is 11.8 Å². The van der Waals surface area contributed by atoms with Gasteiger partial charge in [-0.05, 0) is 78.4 Å². The number of nitrogens with zero attached hydrogens (tertiary/aromatic N) is 4. The van der Waals surface area contributed by atoms with Crippen LogP contribution in [0.3, 0.4) is 0 Å². The number of aromatic nitrogens is 3. The quantitative estimate of drug-likeness (QED) is 0.574. The third-order valence-electron chi connectivity index (χ3n) is 5.85. The van der Waals surface area contributed by atoms with Gasteiger partial charge in [-0.3, -0.25) is 9.36 Å². The summed E-state index contributed by atoms with van der Waals surface area (Å²) in [5.41, 5.74) is -2.23.